The van der Waals surface area contributed by atoms with Gasteiger partial charge in [0.05, 0.1) is 0 Å². The van der Waals surface area contributed by atoms with E-state index in [-0.39, 0.29) is 12.2 Å². The van der Waals surface area contributed by atoms with Crippen molar-refractivity contribution in [3.05, 3.63) is 88.9 Å². The second-order valence-electron chi connectivity index (χ2n) is 7.96. The highest BCUT2D eigenvalue weighted by Gasteiger charge is 2.35. The van der Waals surface area contributed by atoms with Crippen molar-refractivity contribution in [3.63, 3.8) is 0 Å². The molecule has 7 nitrogen and oxygen atoms in total. The quantitative estimate of drug-likeness (QED) is 0.444. The SMILES string of the molecule is CCc1ccccc1NC(=O)CN1C(=O)N/C(=C/c2cccn2-c2cccc(C)c2C)C1=O. The Morgan fingerprint density at radius 1 is 1.03 bits per heavy atom. The van der Waals surface area contributed by atoms with E-state index in [1.54, 1.807) is 12.1 Å². The van der Waals surface area contributed by atoms with E-state index in [9.17, 15) is 14.4 Å². The zero-order valence-corrected chi connectivity index (χ0v) is 18.9. The summed E-state index contributed by atoms with van der Waals surface area (Å²) < 4.78 is 1.96. The van der Waals surface area contributed by atoms with Crippen molar-refractivity contribution in [1.82, 2.24) is 14.8 Å². The first-order valence-electron chi connectivity index (χ1n) is 10.8. The molecule has 1 aliphatic heterocycles. The van der Waals surface area contributed by atoms with Crippen LogP contribution in [-0.4, -0.2) is 33.9 Å². The summed E-state index contributed by atoms with van der Waals surface area (Å²) in [6, 6.07) is 16.6. The number of hydrogen-bond donors (Lipinski definition) is 2. The van der Waals surface area contributed by atoms with Crippen LogP contribution in [0.1, 0.15) is 29.3 Å². The summed E-state index contributed by atoms with van der Waals surface area (Å²) in [7, 11) is 0. The van der Waals surface area contributed by atoms with Gasteiger partial charge in [0.2, 0.25) is 5.91 Å². The van der Waals surface area contributed by atoms with Gasteiger partial charge in [0, 0.05) is 23.3 Å². The molecule has 168 valence electrons. The Balaban J connectivity index is 1.53. The third kappa shape index (κ3) is 4.43. The second kappa shape index (κ2) is 9.16. The van der Waals surface area contributed by atoms with Crippen LogP contribution in [-0.2, 0) is 16.0 Å². The maximum atomic E-state index is 12.9. The Kier molecular flexibility index (Phi) is 6.13. The molecule has 2 N–H and O–H groups in total. The van der Waals surface area contributed by atoms with Crippen molar-refractivity contribution in [2.24, 2.45) is 0 Å². The van der Waals surface area contributed by atoms with Crippen LogP contribution in [0.2, 0.25) is 0 Å². The molecule has 0 radical (unpaired) electrons. The molecule has 4 rings (SSSR count). The van der Waals surface area contributed by atoms with E-state index in [1.807, 2.05) is 80.1 Å². The summed E-state index contributed by atoms with van der Waals surface area (Å²) in [6.07, 6.45) is 4.30. The predicted molar refractivity (Wildman–Crippen MR) is 128 cm³/mol. The highest BCUT2D eigenvalue weighted by Crippen LogP contribution is 2.22. The van der Waals surface area contributed by atoms with Crippen molar-refractivity contribution in [2.75, 3.05) is 11.9 Å². The lowest BCUT2D eigenvalue weighted by atomic mass is 10.1. The summed E-state index contributed by atoms with van der Waals surface area (Å²) in [4.78, 5) is 38.8. The summed E-state index contributed by atoms with van der Waals surface area (Å²) in [5, 5.41) is 5.39. The Morgan fingerprint density at radius 2 is 1.82 bits per heavy atom. The number of aryl methyl sites for hydroxylation is 2. The minimum atomic E-state index is -0.616. The van der Waals surface area contributed by atoms with E-state index in [2.05, 4.69) is 10.6 Å². The highest BCUT2D eigenvalue weighted by atomic mass is 16.2. The Bertz CT molecular complexity index is 1270. The maximum Gasteiger partial charge on any atom is 0.329 e. The number of urea groups is 1. The molecule has 1 saturated heterocycles. The zero-order chi connectivity index (χ0) is 23.5. The van der Waals surface area contributed by atoms with E-state index in [4.69, 9.17) is 0 Å². The zero-order valence-electron chi connectivity index (χ0n) is 18.9. The maximum absolute atomic E-state index is 12.9. The molecule has 3 aromatic rings. The topological polar surface area (TPSA) is 83.4 Å². The molecule has 0 aliphatic carbocycles. The molecule has 2 heterocycles. The van der Waals surface area contributed by atoms with Gasteiger partial charge in [-0.3, -0.25) is 9.59 Å². The highest BCUT2D eigenvalue weighted by molar-refractivity contribution is 6.15. The molecule has 0 unspecified atom stereocenters. The summed E-state index contributed by atoms with van der Waals surface area (Å²) in [5.41, 5.74) is 5.82. The lowest BCUT2D eigenvalue weighted by molar-refractivity contribution is -0.127. The van der Waals surface area contributed by atoms with Crippen LogP contribution >= 0.6 is 0 Å². The Hall–Kier alpha value is -4.13. The minimum absolute atomic E-state index is 0.131. The third-order valence-electron chi connectivity index (χ3n) is 5.84. The average Bonchev–Trinajstić information content (AvgIpc) is 3.36. The van der Waals surface area contributed by atoms with Gasteiger partial charge < -0.3 is 15.2 Å². The number of benzene rings is 2. The molecule has 1 aromatic heterocycles. The van der Waals surface area contributed by atoms with Crippen LogP contribution in [0.4, 0.5) is 10.5 Å². The Morgan fingerprint density at radius 3 is 2.61 bits per heavy atom. The van der Waals surface area contributed by atoms with Crippen LogP contribution in [0.25, 0.3) is 11.8 Å². The van der Waals surface area contributed by atoms with Crippen LogP contribution in [0.15, 0.2) is 66.5 Å². The minimum Gasteiger partial charge on any atom is -0.324 e. The predicted octanol–water partition coefficient (Wildman–Crippen LogP) is 4.19. The standard InChI is InChI=1S/C26H26N4O3/c1-4-19-10-5-6-12-21(19)27-24(31)16-30-25(32)22(28-26(30)33)15-20-11-8-14-29(20)23-13-7-9-17(2)18(23)3/h5-15H,4,16H2,1-3H3,(H,27,31)(H,28,33)/b22-15+. The van der Waals surface area contributed by atoms with Gasteiger partial charge in [-0.15, -0.1) is 0 Å². The van der Waals surface area contributed by atoms with Crippen molar-refractivity contribution in [3.8, 4) is 5.69 Å². The van der Waals surface area contributed by atoms with Crippen molar-refractivity contribution in [1.29, 1.82) is 0 Å². The lowest BCUT2D eigenvalue weighted by Crippen LogP contribution is -2.38. The largest absolute Gasteiger partial charge is 0.329 e. The smallest absolute Gasteiger partial charge is 0.324 e. The van der Waals surface area contributed by atoms with Gasteiger partial charge in [-0.1, -0.05) is 37.3 Å². The van der Waals surface area contributed by atoms with E-state index in [1.165, 1.54) is 0 Å². The van der Waals surface area contributed by atoms with Crippen LogP contribution in [0, 0.1) is 13.8 Å². The van der Waals surface area contributed by atoms with E-state index in [0.717, 1.165) is 39.4 Å². The van der Waals surface area contributed by atoms with Crippen molar-refractivity contribution < 1.29 is 14.4 Å². The molecule has 1 fully saturated rings. The monoisotopic (exact) mass is 442 g/mol. The van der Waals surface area contributed by atoms with Crippen LogP contribution < -0.4 is 10.6 Å². The first kappa shape index (κ1) is 22.1. The van der Waals surface area contributed by atoms with Gasteiger partial charge in [-0.05, 0) is 67.3 Å². The fourth-order valence-corrected chi connectivity index (χ4v) is 3.87. The number of carbonyl (C=O) groups is 3. The molecule has 1 aliphatic rings. The molecule has 0 spiro atoms. The lowest BCUT2D eigenvalue weighted by Gasteiger charge is -2.14. The molecule has 7 heteroatoms. The summed E-state index contributed by atoms with van der Waals surface area (Å²) in [5.74, 6) is -0.966. The molecule has 0 saturated carbocycles. The fourth-order valence-electron chi connectivity index (χ4n) is 3.87. The van der Waals surface area contributed by atoms with Gasteiger partial charge in [-0.2, -0.15) is 0 Å². The first-order chi connectivity index (χ1) is 15.9. The van der Waals surface area contributed by atoms with Gasteiger partial charge in [0.1, 0.15) is 12.2 Å². The number of nitrogens with one attached hydrogen (secondary N) is 2. The van der Waals surface area contributed by atoms with Gasteiger partial charge >= 0.3 is 6.03 Å². The molecular formula is C26H26N4O3. The second-order valence-corrected chi connectivity index (χ2v) is 7.96. The van der Waals surface area contributed by atoms with E-state index >= 15 is 0 Å². The van der Waals surface area contributed by atoms with Gasteiger partial charge in [-0.25, -0.2) is 9.69 Å². The number of amides is 4. The Labute approximate surface area is 192 Å². The molecule has 4 amide bonds. The number of anilines is 1. The fraction of sp³-hybridized carbons (Fsp3) is 0.192. The number of aromatic nitrogens is 1. The number of nitrogens with zero attached hydrogens (tertiary/aromatic N) is 2. The molecule has 0 atom stereocenters. The first-order valence-corrected chi connectivity index (χ1v) is 10.8. The normalized spacial score (nSPS) is 14.6. The number of carbonyl (C=O) groups excluding carboxylic acids is 3. The molecule has 33 heavy (non-hydrogen) atoms. The average molecular weight is 443 g/mol. The number of para-hydroxylation sites is 1. The molecule has 0 bridgehead atoms. The van der Waals surface area contributed by atoms with Gasteiger partial charge in [0.15, 0.2) is 0 Å². The van der Waals surface area contributed by atoms with E-state index < -0.39 is 17.8 Å². The molecule has 2 aromatic carbocycles. The van der Waals surface area contributed by atoms with E-state index in [0.29, 0.717) is 5.69 Å². The van der Waals surface area contributed by atoms with Gasteiger partial charge in [0.25, 0.3) is 5.91 Å². The van der Waals surface area contributed by atoms with Crippen LogP contribution in [0.5, 0.6) is 0 Å². The number of rotatable bonds is 6. The van der Waals surface area contributed by atoms with Crippen molar-refractivity contribution in [2.45, 2.75) is 27.2 Å². The summed E-state index contributed by atoms with van der Waals surface area (Å²) in [6.45, 7) is 5.72. The third-order valence-corrected chi connectivity index (χ3v) is 5.84. The number of hydrogen-bond acceptors (Lipinski definition) is 3. The summed E-state index contributed by atoms with van der Waals surface area (Å²) >= 11 is 0. The van der Waals surface area contributed by atoms with Crippen LogP contribution in [0.3, 0.4) is 0 Å². The van der Waals surface area contributed by atoms with Crippen molar-refractivity contribution >= 4 is 29.6 Å². The molecular weight excluding hydrogens is 416 g/mol. The number of imide groups is 1.